The SMILES string of the molecule is C[C@@H]1CN(S(=O)(=O)c2csc(CNC3CC3)c2)C[C@H](C)O1. The number of sulfonamides is 1. The van der Waals surface area contributed by atoms with Gasteiger partial charge in [0, 0.05) is 35.9 Å². The maximum atomic E-state index is 12.7. The second kappa shape index (κ2) is 5.96. The van der Waals surface area contributed by atoms with E-state index in [0.29, 0.717) is 24.0 Å². The molecule has 1 N–H and O–H groups in total. The van der Waals surface area contributed by atoms with Crippen LogP contribution in [0.4, 0.5) is 0 Å². The molecule has 0 amide bonds. The number of nitrogens with zero attached hydrogens (tertiary/aromatic N) is 1. The van der Waals surface area contributed by atoms with Gasteiger partial charge in [-0.3, -0.25) is 0 Å². The van der Waals surface area contributed by atoms with E-state index < -0.39 is 10.0 Å². The van der Waals surface area contributed by atoms with E-state index in [0.717, 1.165) is 11.4 Å². The van der Waals surface area contributed by atoms with Gasteiger partial charge in [0.15, 0.2) is 0 Å². The highest BCUT2D eigenvalue weighted by atomic mass is 32.2. The Morgan fingerprint density at radius 1 is 1.33 bits per heavy atom. The lowest BCUT2D eigenvalue weighted by Gasteiger charge is -2.34. The van der Waals surface area contributed by atoms with Gasteiger partial charge >= 0.3 is 0 Å². The molecule has 1 aliphatic heterocycles. The van der Waals surface area contributed by atoms with Crippen LogP contribution in [0.2, 0.25) is 0 Å². The average molecular weight is 330 g/mol. The van der Waals surface area contributed by atoms with Crippen LogP contribution < -0.4 is 5.32 Å². The summed E-state index contributed by atoms with van der Waals surface area (Å²) in [5, 5.41) is 5.17. The second-order valence-electron chi connectivity index (χ2n) is 5.98. The maximum Gasteiger partial charge on any atom is 0.244 e. The van der Waals surface area contributed by atoms with Gasteiger partial charge in [-0.25, -0.2) is 8.42 Å². The van der Waals surface area contributed by atoms with Gasteiger partial charge in [0.25, 0.3) is 0 Å². The fourth-order valence-corrected chi connectivity index (χ4v) is 5.40. The van der Waals surface area contributed by atoms with Crippen LogP contribution >= 0.6 is 11.3 Å². The molecule has 0 radical (unpaired) electrons. The summed E-state index contributed by atoms with van der Waals surface area (Å²) < 4.78 is 32.6. The molecule has 2 atom stereocenters. The molecule has 7 heteroatoms. The molecule has 1 saturated carbocycles. The van der Waals surface area contributed by atoms with Gasteiger partial charge in [-0.15, -0.1) is 11.3 Å². The number of nitrogens with one attached hydrogen (secondary N) is 1. The molecule has 1 saturated heterocycles. The van der Waals surface area contributed by atoms with Crippen LogP contribution in [0, 0.1) is 0 Å². The lowest BCUT2D eigenvalue weighted by molar-refractivity contribution is -0.0440. The summed E-state index contributed by atoms with van der Waals surface area (Å²) in [6.07, 6.45) is 2.36. The minimum atomic E-state index is -3.39. The van der Waals surface area contributed by atoms with Crippen LogP contribution in [-0.2, 0) is 21.3 Å². The Balaban J connectivity index is 1.71. The first-order chi connectivity index (χ1) is 9.95. The molecule has 118 valence electrons. The highest BCUT2D eigenvalue weighted by Gasteiger charge is 2.32. The topological polar surface area (TPSA) is 58.6 Å². The van der Waals surface area contributed by atoms with Gasteiger partial charge in [0.2, 0.25) is 10.0 Å². The lowest BCUT2D eigenvalue weighted by Crippen LogP contribution is -2.47. The molecule has 5 nitrogen and oxygen atoms in total. The zero-order valence-corrected chi connectivity index (χ0v) is 14.0. The Morgan fingerprint density at radius 2 is 2.00 bits per heavy atom. The van der Waals surface area contributed by atoms with Gasteiger partial charge in [0.1, 0.15) is 0 Å². The zero-order chi connectivity index (χ0) is 15.0. The summed E-state index contributed by atoms with van der Waals surface area (Å²) in [5.74, 6) is 0. The van der Waals surface area contributed by atoms with E-state index in [4.69, 9.17) is 4.74 Å². The van der Waals surface area contributed by atoms with Crippen molar-refractivity contribution in [2.75, 3.05) is 13.1 Å². The van der Waals surface area contributed by atoms with Crippen molar-refractivity contribution in [1.29, 1.82) is 0 Å². The number of hydrogen-bond acceptors (Lipinski definition) is 5. The third-order valence-electron chi connectivity index (χ3n) is 3.80. The molecular weight excluding hydrogens is 308 g/mol. The quantitative estimate of drug-likeness (QED) is 0.894. The van der Waals surface area contributed by atoms with Crippen molar-refractivity contribution in [2.24, 2.45) is 0 Å². The van der Waals surface area contributed by atoms with Crippen molar-refractivity contribution < 1.29 is 13.2 Å². The highest BCUT2D eigenvalue weighted by Crippen LogP contribution is 2.26. The number of hydrogen-bond donors (Lipinski definition) is 1. The molecule has 1 aromatic heterocycles. The Hall–Kier alpha value is -0.470. The predicted octanol–water partition coefficient (Wildman–Crippen LogP) is 1.80. The van der Waals surface area contributed by atoms with Crippen LogP contribution in [0.1, 0.15) is 31.6 Å². The van der Waals surface area contributed by atoms with E-state index in [2.05, 4.69) is 5.32 Å². The number of thiophene rings is 1. The van der Waals surface area contributed by atoms with Crippen molar-refractivity contribution >= 4 is 21.4 Å². The third-order valence-corrected chi connectivity index (χ3v) is 6.69. The van der Waals surface area contributed by atoms with E-state index in [9.17, 15) is 8.42 Å². The van der Waals surface area contributed by atoms with E-state index in [1.807, 2.05) is 13.8 Å². The monoisotopic (exact) mass is 330 g/mol. The predicted molar refractivity (Wildman–Crippen MR) is 82.9 cm³/mol. The van der Waals surface area contributed by atoms with E-state index >= 15 is 0 Å². The van der Waals surface area contributed by atoms with E-state index in [1.54, 1.807) is 15.8 Å². The fraction of sp³-hybridized carbons (Fsp3) is 0.714. The van der Waals surface area contributed by atoms with Gasteiger partial charge in [-0.2, -0.15) is 4.31 Å². The Morgan fingerprint density at radius 3 is 2.62 bits per heavy atom. The molecule has 0 aromatic carbocycles. The van der Waals surface area contributed by atoms with Crippen LogP contribution in [0.25, 0.3) is 0 Å². The number of ether oxygens (including phenoxy) is 1. The van der Waals surface area contributed by atoms with Gasteiger partial charge in [-0.1, -0.05) is 0 Å². The molecule has 1 aromatic rings. The maximum absolute atomic E-state index is 12.7. The standard InChI is InChI=1S/C14H22N2O3S2/c1-10-7-16(8-11(2)19-10)21(17,18)14-5-13(20-9-14)6-15-12-3-4-12/h5,9-12,15H,3-4,6-8H2,1-2H3/t10-,11+. The summed E-state index contributed by atoms with van der Waals surface area (Å²) in [7, 11) is -3.39. The molecule has 2 heterocycles. The first-order valence-electron chi connectivity index (χ1n) is 7.41. The molecule has 0 unspecified atom stereocenters. The van der Waals surface area contributed by atoms with Crippen molar-refractivity contribution in [3.8, 4) is 0 Å². The van der Waals surface area contributed by atoms with Crippen molar-refractivity contribution in [3.05, 3.63) is 16.3 Å². The largest absolute Gasteiger partial charge is 0.373 e. The molecular formula is C14H22N2O3S2. The first-order valence-corrected chi connectivity index (χ1v) is 9.73. The van der Waals surface area contributed by atoms with Gasteiger partial charge in [-0.05, 0) is 32.8 Å². The smallest absolute Gasteiger partial charge is 0.244 e. The van der Waals surface area contributed by atoms with Crippen LogP contribution in [-0.4, -0.2) is 44.1 Å². The van der Waals surface area contributed by atoms with Crippen LogP contribution in [0.5, 0.6) is 0 Å². The van der Waals surface area contributed by atoms with E-state index in [1.165, 1.54) is 24.2 Å². The summed E-state index contributed by atoms with van der Waals surface area (Å²) in [6.45, 7) is 5.45. The molecule has 3 rings (SSSR count). The third kappa shape index (κ3) is 3.65. The highest BCUT2D eigenvalue weighted by molar-refractivity contribution is 7.89. The summed E-state index contributed by atoms with van der Waals surface area (Å²) in [4.78, 5) is 1.50. The minimum absolute atomic E-state index is 0.0573. The Bertz CT molecular complexity index is 585. The average Bonchev–Trinajstić information content (AvgIpc) is 3.11. The molecule has 2 fully saturated rings. The van der Waals surface area contributed by atoms with Gasteiger partial charge < -0.3 is 10.1 Å². The molecule has 0 spiro atoms. The summed E-state index contributed by atoms with van der Waals surface area (Å²) in [6, 6.07) is 2.44. The van der Waals surface area contributed by atoms with Crippen LogP contribution in [0.3, 0.4) is 0 Å². The van der Waals surface area contributed by atoms with Crippen molar-refractivity contribution in [2.45, 2.75) is 56.4 Å². The Labute approximate surface area is 130 Å². The molecule has 1 aliphatic carbocycles. The van der Waals surface area contributed by atoms with E-state index in [-0.39, 0.29) is 12.2 Å². The van der Waals surface area contributed by atoms with Crippen LogP contribution in [0.15, 0.2) is 16.3 Å². The van der Waals surface area contributed by atoms with Gasteiger partial charge in [0.05, 0.1) is 17.1 Å². The van der Waals surface area contributed by atoms with Crippen molar-refractivity contribution in [1.82, 2.24) is 9.62 Å². The first kappa shape index (κ1) is 15.4. The summed E-state index contributed by atoms with van der Waals surface area (Å²) >= 11 is 1.51. The molecule has 2 aliphatic rings. The number of rotatable bonds is 5. The Kier molecular flexibility index (Phi) is 4.38. The molecule has 21 heavy (non-hydrogen) atoms. The van der Waals surface area contributed by atoms with Crippen molar-refractivity contribution in [3.63, 3.8) is 0 Å². The fourth-order valence-electron chi connectivity index (χ4n) is 2.60. The molecule has 0 bridgehead atoms. The normalized spacial score (nSPS) is 27.9. The minimum Gasteiger partial charge on any atom is -0.373 e. The second-order valence-corrected chi connectivity index (χ2v) is 8.92. The zero-order valence-electron chi connectivity index (χ0n) is 12.4. The summed E-state index contributed by atoms with van der Waals surface area (Å²) in [5.41, 5.74) is 0. The number of morpholine rings is 1. The lowest BCUT2D eigenvalue weighted by atomic mass is 10.3.